The largest absolute Gasteiger partial charge is 0.453 e. The summed E-state index contributed by atoms with van der Waals surface area (Å²) in [5.74, 6) is 1.32. The number of methoxy groups -OCH3 is 1. The first-order chi connectivity index (χ1) is 14.0. The molecule has 2 amide bonds. The molecule has 1 atom stereocenters. The number of nitrogens with zero attached hydrogens (tertiary/aromatic N) is 6. The fourth-order valence-electron chi connectivity index (χ4n) is 3.28. The van der Waals surface area contributed by atoms with Gasteiger partial charge in [0.05, 0.1) is 7.11 Å². The Kier molecular flexibility index (Phi) is 5.52. The third kappa shape index (κ3) is 4.42. The van der Waals surface area contributed by atoms with Crippen LogP contribution in [0.25, 0.3) is 5.95 Å². The van der Waals surface area contributed by atoms with E-state index < -0.39 is 12.1 Å². The molecule has 0 radical (unpaired) electrons. The number of ether oxygens (including phenoxy) is 1. The van der Waals surface area contributed by atoms with Crippen molar-refractivity contribution in [1.82, 2.24) is 29.7 Å². The van der Waals surface area contributed by atoms with Gasteiger partial charge in [-0.05, 0) is 18.8 Å². The molecule has 1 unspecified atom stereocenters. The van der Waals surface area contributed by atoms with Gasteiger partial charge in [0.15, 0.2) is 0 Å². The molecule has 1 saturated carbocycles. The molecule has 11 heteroatoms. The van der Waals surface area contributed by atoms with Crippen LogP contribution in [-0.2, 0) is 9.53 Å². The standard InChI is InChI=1S/C18H22ClN7O3/c1-29-18(28)26-7-6-24(10-13(26)16(27)21-9-12-2-3-12)15-8-14(19)22-17(23-15)25-5-4-20-11-25/h4-5,8,11-13H,2-3,6-7,9-10H2,1H3,(H,21,27). The minimum absolute atomic E-state index is 0.193. The smallest absolute Gasteiger partial charge is 0.410 e. The molecule has 1 aliphatic carbocycles. The normalized spacial score (nSPS) is 19.2. The molecule has 2 fully saturated rings. The van der Waals surface area contributed by atoms with Crippen molar-refractivity contribution in [2.24, 2.45) is 5.92 Å². The Morgan fingerprint density at radius 1 is 1.31 bits per heavy atom. The van der Waals surface area contributed by atoms with Crippen LogP contribution in [-0.4, -0.2) is 75.8 Å². The highest BCUT2D eigenvalue weighted by atomic mass is 35.5. The second-order valence-corrected chi connectivity index (χ2v) is 7.52. The number of imidazole rings is 1. The second kappa shape index (κ2) is 8.24. The minimum Gasteiger partial charge on any atom is -0.453 e. The molecule has 3 heterocycles. The third-order valence-corrected chi connectivity index (χ3v) is 5.28. The van der Waals surface area contributed by atoms with Gasteiger partial charge in [0, 0.05) is 44.6 Å². The van der Waals surface area contributed by atoms with Crippen molar-refractivity contribution in [3.05, 3.63) is 29.9 Å². The number of halogens is 1. The lowest BCUT2D eigenvalue weighted by Crippen LogP contribution is -2.61. The van der Waals surface area contributed by atoms with Crippen LogP contribution in [0.2, 0.25) is 5.15 Å². The number of rotatable bonds is 5. The van der Waals surface area contributed by atoms with Crippen LogP contribution < -0.4 is 10.2 Å². The van der Waals surface area contributed by atoms with Crippen LogP contribution >= 0.6 is 11.6 Å². The Balaban J connectivity index is 1.55. The molecular formula is C18H22ClN7O3. The highest BCUT2D eigenvalue weighted by Crippen LogP contribution is 2.28. The molecule has 0 bridgehead atoms. The first kappa shape index (κ1) is 19.4. The quantitative estimate of drug-likeness (QED) is 0.723. The Labute approximate surface area is 172 Å². The summed E-state index contributed by atoms with van der Waals surface area (Å²) in [5.41, 5.74) is 0. The first-order valence-corrected chi connectivity index (χ1v) is 9.83. The number of hydrogen-bond acceptors (Lipinski definition) is 7. The van der Waals surface area contributed by atoms with Gasteiger partial charge in [0.1, 0.15) is 23.3 Å². The van der Waals surface area contributed by atoms with Gasteiger partial charge in [-0.3, -0.25) is 14.3 Å². The van der Waals surface area contributed by atoms with Crippen molar-refractivity contribution in [2.75, 3.05) is 38.2 Å². The van der Waals surface area contributed by atoms with Gasteiger partial charge in [0.25, 0.3) is 0 Å². The van der Waals surface area contributed by atoms with E-state index in [0.29, 0.717) is 37.3 Å². The summed E-state index contributed by atoms with van der Waals surface area (Å²) >= 11 is 6.20. The van der Waals surface area contributed by atoms with Gasteiger partial charge in [-0.2, -0.15) is 4.98 Å². The molecule has 1 saturated heterocycles. The van der Waals surface area contributed by atoms with Crippen molar-refractivity contribution in [2.45, 2.75) is 18.9 Å². The summed E-state index contributed by atoms with van der Waals surface area (Å²) in [7, 11) is 1.31. The maximum Gasteiger partial charge on any atom is 0.410 e. The second-order valence-electron chi connectivity index (χ2n) is 7.13. The van der Waals surface area contributed by atoms with Crippen molar-refractivity contribution < 1.29 is 14.3 Å². The monoisotopic (exact) mass is 419 g/mol. The van der Waals surface area contributed by atoms with Gasteiger partial charge in [-0.15, -0.1) is 0 Å². The number of aromatic nitrogens is 4. The van der Waals surface area contributed by atoms with Gasteiger partial charge < -0.3 is 15.0 Å². The fourth-order valence-corrected chi connectivity index (χ4v) is 3.46. The van der Waals surface area contributed by atoms with E-state index in [9.17, 15) is 9.59 Å². The lowest BCUT2D eigenvalue weighted by Gasteiger charge is -2.40. The zero-order chi connectivity index (χ0) is 20.4. The van der Waals surface area contributed by atoms with Gasteiger partial charge in [-0.25, -0.2) is 14.8 Å². The Bertz CT molecular complexity index is 888. The number of anilines is 1. The maximum atomic E-state index is 12.8. The summed E-state index contributed by atoms with van der Waals surface area (Å²) in [6.45, 7) is 1.73. The number of piperazine rings is 1. The molecule has 1 N–H and O–H groups in total. The van der Waals surface area contributed by atoms with Crippen LogP contribution in [0, 0.1) is 5.92 Å². The van der Waals surface area contributed by atoms with E-state index in [-0.39, 0.29) is 17.6 Å². The average molecular weight is 420 g/mol. The molecular weight excluding hydrogens is 398 g/mol. The Morgan fingerprint density at radius 2 is 2.14 bits per heavy atom. The topological polar surface area (TPSA) is 105 Å². The van der Waals surface area contributed by atoms with Gasteiger partial charge >= 0.3 is 6.09 Å². The van der Waals surface area contributed by atoms with E-state index in [4.69, 9.17) is 16.3 Å². The summed E-state index contributed by atoms with van der Waals surface area (Å²) in [6, 6.07) is 0.968. The predicted octanol–water partition coefficient (Wildman–Crippen LogP) is 1.10. The third-order valence-electron chi connectivity index (χ3n) is 5.08. The summed E-state index contributed by atoms with van der Waals surface area (Å²) in [5, 5.41) is 3.24. The molecule has 10 nitrogen and oxygen atoms in total. The number of hydrogen-bond donors (Lipinski definition) is 1. The zero-order valence-electron chi connectivity index (χ0n) is 16.0. The van der Waals surface area contributed by atoms with E-state index in [1.165, 1.54) is 12.0 Å². The van der Waals surface area contributed by atoms with Crippen LogP contribution in [0.4, 0.5) is 10.6 Å². The van der Waals surface area contributed by atoms with Crippen LogP contribution in [0.5, 0.6) is 0 Å². The molecule has 4 rings (SSSR count). The maximum absolute atomic E-state index is 12.8. The Morgan fingerprint density at radius 3 is 2.83 bits per heavy atom. The van der Waals surface area contributed by atoms with E-state index in [1.54, 1.807) is 29.4 Å². The predicted molar refractivity (Wildman–Crippen MR) is 105 cm³/mol. The van der Waals surface area contributed by atoms with Crippen LogP contribution in [0.3, 0.4) is 0 Å². The van der Waals surface area contributed by atoms with E-state index >= 15 is 0 Å². The highest BCUT2D eigenvalue weighted by molar-refractivity contribution is 6.29. The van der Waals surface area contributed by atoms with E-state index in [0.717, 1.165) is 12.8 Å². The molecule has 0 spiro atoms. The van der Waals surface area contributed by atoms with Crippen molar-refractivity contribution in [1.29, 1.82) is 0 Å². The van der Waals surface area contributed by atoms with Crippen LogP contribution in [0.1, 0.15) is 12.8 Å². The highest BCUT2D eigenvalue weighted by Gasteiger charge is 2.37. The minimum atomic E-state index is -0.680. The fraction of sp³-hybridized carbons (Fsp3) is 0.500. The Hall–Kier alpha value is -2.88. The van der Waals surface area contributed by atoms with Crippen LogP contribution in [0.15, 0.2) is 24.8 Å². The summed E-state index contributed by atoms with van der Waals surface area (Å²) in [4.78, 5) is 41.1. The molecule has 2 aromatic heterocycles. The molecule has 1 aliphatic heterocycles. The van der Waals surface area contributed by atoms with Gasteiger partial charge in [-0.1, -0.05) is 11.6 Å². The molecule has 0 aromatic carbocycles. The lowest BCUT2D eigenvalue weighted by atomic mass is 10.1. The SMILES string of the molecule is COC(=O)N1CCN(c2cc(Cl)nc(-n3ccnc3)n2)CC1C(=O)NCC1CC1. The van der Waals surface area contributed by atoms with Crippen molar-refractivity contribution in [3.8, 4) is 5.95 Å². The first-order valence-electron chi connectivity index (χ1n) is 9.45. The molecule has 2 aromatic rings. The average Bonchev–Trinajstić information content (AvgIpc) is 3.40. The summed E-state index contributed by atoms with van der Waals surface area (Å²) < 4.78 is 6.52. The van der Waals surface area contributed by atoms with E-state index in [2.05, 4.69) is 20.3 Å². The van der Waals surface area contributed by atoms with Gasteiger partial charge in [0.2, 0.25) is 11.9 Å². The summed E-state index contributed by atoms with van der Waals surface area (Å²) in [6.07, 6.45) is 6.68. The number of carbonyl (C=O) groups excluding carboxylic acids is 2. The number of nitrogens with one attached hydrogen (secondary N) is 1. The molecule has 2 aliphatic rings. The van der Waals surface area contributed by atoms with E-state index in [1.807, 2.05) is 4.90 Å². The zero-order valence-corrected chi connectivity index (χ0v) is 16.7. The lowest BCUT2D eigenvalue weighted by molar-refractivity contribution is -0.126. The number of carbonyl (C=O) groups is 2. The number of amides is 2. The molecule has 154 valence electrons. The van der Waals surface area contributed by atoms with Crippen molar-refractivity contribution in [3.63, 3.8) is 0 Å². The molecule has 29 heavy (non-hydrogen) atoms. The van der Waals surface area contributed by atoms with Crippen molar-refractivity contribution >= 4 is 29.4 Å².